The number of rotatable bonds is 13. The van der Waals surface area contributed by atoms with Crippen molar-refractivity contribution in [2.75, 3.05) is 39.8 Å². The van der Waals surface area contributed by atoms with Gasteiger partial charge < -0.3 is 47.5 Å². The number of carbonyl (C=O) groups excluding carboxylic acids is 4. The molecule has 2 fully saturated rings. The molecule has 13 heteroatoms. The van der Waals surface area contributed by atoms with E-state index in [9.17, 15) is 24.0 Å². The molecule has 1 aliphatic carbocycles. The van der Waals surface area contributed by atoms with Crippen molar-refractivity contribution in [1.29, 1.82) is 0 Å². The smallest absolute Gasteiger partial charge is 0.322 e. The zero-order valence-corrected chi connectivity index (χ0v) is 20.5. The van der Waals surface area contributed by atoms with Gasteiger partial charge in [-0.25, -0.2) is 0 Å². The van der Waals surface area contributed by atoms with Crippen LogP contribution in [0, 0.1) is 12.3 Å². The predicted octanol–water partition coefficient (Wildman–Crippen LogP) is -2.99. The maximum absolute atomic E-state index is 12.4. The number of likely N-dealkylation sites (N-methyl/N-ethyl adjacent to an activating group) is 1. The summed E-state index contributed by atoms with van der Waals surface area (Å²) >= 11 is 0. The minimum absolute atomic E-state index is 0.0465. The molecule has 1 saturated carbocycles. The number of carboxylic acid groups (broad SMARTS) is 1. The third-order valence-electron chi connectivity index (χ3n) is 5.61. The van der Waals surface area contributed by atoms with Crippen molar-refractivity contribution < 1.29 is 29.1 Å². The Morgan fingerprint density at radius 2 is 1.92 bits per heavy atom. The number of likely N-dealkylation sites (tertiary alicyclic amines) is 1. The molecule has 0 aromatic heterocycles. The second-order valence-electron chi connectivity index (χ2n) is 8.23. The summed E-state index contributed by atoms with van der Waals surface area (Å²) in [7, 11) is 1.59. The average molecular weight is 508 g/mol. The number of hydrogen-bond donors (Lipinski definition) is 7. The van der Waals surface area contributed by atoms with Gasteiger partial charge in [0.05, 0.1) is 18.6 Å². The first kappa shape index (κ1) is 30.6. The van der Waals surface area contributed by atoms with E-state index in [-0.39, 0.29) is 37.9 Å². The van der Waals surface area contributed by atoms with E-state index in [4.69, 9.17) is 23.0 Å². The van der Waals surface area contributed by atoms with Gasteiger partial charge in [-0.05, 0) is 38.3 Å². The minimum Gasteiger partial charge on any atom is -0.480 e. The summed E-state index contributed by atoms with van der Waals surface area (Å²) in [4.78, 5) is 58.2. The summed E-state index contributed by atoms with van der Waals surface area (Å²) in [6, 6.07) is -1.76. The van der Waals surface area contributed by atoms with E-state index in [0.717, 1.165) is 25.0 Å². The molecule has 0 aromatic carbocycles. The van der Waals surface area contributed by atoms with Crippen LogP contribution in [0.5, 0.6) is 0 Å². The van der Waals surface area contributed by atoms with Gasteiger partial charge in [-0.3, -0.25) is 19.2 Å². The van der Waals surface area contributed by atoms with Crippen molar-refractivity contribution in [3.8, 4) is 12.3 Å². The largest absolute Gasteiger partial charge is 0.480 e. The van der Waals surface area contributed by atoms with Crippen molar-refractivity contribution >= 4 is 30.0 Å². The Balaban J connectivity index is 0.000000426. The topological polar surface area (TPSA) is 209 Å². The maximum atomic E-state index is 12.4. The lowest BCUT2D eigenvalue weighted by atomic mass is 10.2. The second kappa shape index (κ2) is 16.2. The summed E-state index contributed by atoms with van der Waals surface area (Å²) in [5.41, 5.74) is 13.3. The van der Waals surface area contributed by atoms with E-state index in [1.165, 1.54) is 5.57 Å². The highest BCUT2D eigenvalue weighted by molar-refractivity contribution is 5.90. The van der Waals surface area contributed by atoms with Gasteiger partial charge in [-0.2, -0.15) is 0 Å². The lowest BCUT2D eigenvalue weighted by Crippen LogP contribution is -2.52. The predicted molar refractivity (Wildman–Crippen MR) is 132 cm³/mol. The highest BCUT2D eigenvalue weighted by Crippen LogP contribution is 2.30. The number of allylic oxidation sites excluding steroid dienone is 1. The molecular weight excluding hydrogens is 470 g/mol. The molecule has 1 aliphatic heterocycles. The quantitative estimate of drug-likeness (QED) is 0.0993. The second-order valence-corrected chi connectivity index (χ2v) is 8.23. The summed E-state index contributed by atoms with van der Waals surface area (Å²) in [6.07, 6.45) is 9.29. The van der Waals surface area contributed by atoms with Crippen molar-refractivity contribution in [3.63, 3.8) is 0 Å². The van der Waals surface area contributed by atoms with Crippen LogP contribution in [0.25, 0.3) is 0 Å². The van der Waals surface area contributed by atoms with Crippen LogP contribution in [-0.2, 0) is 24.0 Å². The van der Waals surface area contributed by atoms with Gasteiger partial charge in [-0.15, -0.1) is 12.3 Å². The Kier molecular flexibility index (Phi) is 13.8. The van der Waals surface area contributed by atoms with Crippen LogP contribution in [0.3, 0.4) is 0 Å². The Morgan fingerprint density at radius 3 is 2.42 bits per heavy atom. The lowest BCUT2D eigenvalue weighted by Gasteiger charge is -2.25. The zero-order valence-electron chi connectivity index (χ0n) is 20.5. The summed E-state index contributed by atoms with van der Waals surface area (Å²) in [5.74, 6) is 0.381. The molecule has 3 atom stereocenters. The molecule has 36 heavy (non-hydrogen) atoms. The number of nitrogens with zero attached hydrogens (tertiary/aromatic N) is 1. The monoisotopic (exact) mass is 507 g/mol. The molecule has 1 saturated heterocycles. The molecule has 200 valence electrons. The van der Waals surface area contributed by atoms with Crippen molar-refractivity contribution in [2.24, 2.45) is 11.5 Å². The standard InChI is InChI=1S/C15H25N5O3.C8H12N2O3/c16-6-11(9-21)19-15(23)13-2-1-5-20(13)14(22)8-18-12(7-17)10-3-4-10;1-3-4-6(9-2)8(13)10-5-7(11)12/h9,11,13,18H,1-8,16-17H2,(H,19,23);1,6,9H,4-5H2,2H3,(H,10,13)(H,11,12). The van der Waals surface area contributed by atoms with E-state index in [0.29, 0.717) is 25.8 Å². The van der Waals surface area contributed by atoms with Gasteiger partial charge in [0, 0.05) is 31.8 Å². The number of carboxylic acids is 1. The Labute approximate surface area is 210 Å². The van der Waals surface area contributed by atoms with Crippen LogP contribution in [0.4, 0.5) is 0 Å². The summed E-state index contributed by atoms with van der Waals surface area (Å²) < 4.78 is 0. The van der Waals surface area contributed by atoms with Crippen LogP contribution >= 0.6 is 0 Å². The number of carbonyl (C=O) groups is 5. The molecule has 0 spiro atoms. The van der Waals surface area contributed by atoms with Crippen LogP contribution in [-0.4, -0.2) is 97.9 Å². The fourth-order valence-corrected chi connectivity index (χ4v) is 3.48. The van der Waals surface area contributed by atoms with Gasteiger partial charge >= 0.3 is 5.97 Å². The lowest BCUT2D eigenvalue weighted by molar-refractivity contribution is -0.138. The van der Waals surface area contributed by atoms with Gasteiger partial charge in [0.25, 0.3) is 0 Å². The van der Waals surface area contributed by atoms with Gasteiger partial charge in [0.1, 0.15) is 18.9 Å². The van der Waals surface area contributed by atoms with E-state index in [2.05, 4.69) is 27.2 Å². The summed E-state index contributed by atoms with van der Waals surface area (Å²) in [5, 5.41) is 18.8. The number of nitrogens with one attached hydrogen (secondary N) is 4. The first-order chi connectivity index (χ1) is 17.2. The number of hydrogen-bond acceptors (Lipinski definition) is 9. The number of aliphatic carboxylic acids is 1. The molecule has 2 rings (SSSR count). The van der Waals surface area contributed by atoms with Crippen LogP contribution in [0.15, 0.2) is 11.3 Å². The van der Waals surface area contributed by atoms with Crippen molar-refractivity contribution in [3.05, 3.63) is 11.3 Å². The minimum atomic E-state index is -1.08. The molecule has 13 nitrogen and oxygen atoms in total. The van der Waals surface area contributed by atoms with E-state index >= 15 is 0 Å². The number of amides is 3. The zero-order chi connectivity index (χ0) is 27.1. The molecule has 0 radical (unpaired) electrons. The van der Waals surface area contributed by atoms with E-state index < -0.39 is 30.0 Å². The Morgan fingerprint density at radius 1 is 1.22 bits per heavy atom. The molecule has 9 N–H and O–H groups in total. The molecule has 1 heterocycles. The van der Waals surface area contributed by atoms with Crippen LogP contribution in [0.1, 0.15) is 32.1 Å². The highest BCUT2D eigenvalue weighted by atomic mass is 16.4. The molecule has 0 aromatic rings. The average Bonchev–Trinajstić information content (AvgIpc) is 3.59. The number of terminal acetylenes is 1. The normalized spacial score (nSPS) is 17.4. The Hall–Kier alpha value is -3.47. The highest BCUT2D eigenvalue weighted by Gasteiger charge is 2.34. The number of nitrogens with two attached hydrogens (primary N) is 2. The first-order valence-corrected chi connectivity index (χ1v) is 11.7. The van der Waals surface area contributed by atoms with Crippen LogP contribution < -0.4 is 32.7 Å². The van der Waals surface area contributed by atoms with Crippen LogP contribution in [0.2, 0.25) is 0 Å². The third-order valence-corrected chi connectivity index (χ3v) is 5.61. The van der Waals surface area contributed by atoms with Gasteiger partial charge in [-0.1, -0.05) is 0 Å². The molecule has 3 unspecified atom stereocenters. The fraction of sp³-hybridized carbons (Fsp3) is 0.609. The fourth-order valence-electron chi connectivity index (χ4n) is 3.48. The molecule has 0 bridgehead atoms. The molecule has 3 amide bonds. The first-order valence-electron chi connectivity index (χ1n) is 11.7. The Bertz CT molecular complexity index is 864. The number of aldehydes is 1. The van der Waals surface area contributed by atoms with E-state index in [1.54, 1.807) is 11.9 Å². The van der Waals surface area contributed by atoms with Gasteiger partial charge in [0.15, 0.2) is 0 Å². The van der Waals surface area contributed by atoms with E-state index in [1.807, 2.05) is 0 Å². The molecule has 2 aliphatic rings. The van der Waals surface area contributed by atoms with Crippen molar-refractivity contribution in [1.82, 2.24) is 26.2 Å². The molecular formula is C23H37N7O6. The third kappa shape index (κ3) is 10.4. The SMILES string of the molecule is C#CCC(NC)C(=O)NCC(=O)O.NCC(NCC(=O)N1CCCC1C(=O)NC(C=O)CN)=C1CC1. The maximum Gasteiger partial charge on any atom is 0.322 e. The van der Waals surface area contributed by atoms with Gasteiger partial charge in [0.2, 0.25) is 17.7 Å². The summed E-state index contributed by atoms with van der Waals surface area (Å²) in [6.45, 7) is 0.728. The van der Waals surface area contributed by atoms with Crippen molar-refractivity contribution in [2.45, 2.75) is 50.2 Å².